The average Bonchev–Trinajstić information content (AvgIpc) is 3.34. The molecule has 1 unspecified atom stereocenters. The minimum Gasteiger partial charge on any atom is -0.510 e. The van der Waals surface area contributed by atoms with Gasteiger partial charge in [0.15, 0.2) is 11.5 Å². The number of nitrogens with one attached hydrogen (secondary N) is 1. The Morgan fingerprint density at radius 2 is 2.24 bits per heavy atom. The van der Waals surface area contributed by atoms with Crippen molar-refractivity contribution >= 4 is 11.9 Å². The number of likely N-dealkylation sites (tertiary alicyclic amines) is 1. The van der Waals surface area contributed by atoms with Gasteiger partial charge in [-0.2, -0.15) is 0 Å². The highest BCUT2D eigenvalue weighted by Crippen LogP contribution is 2.28. The van der Waals surface area contributed by atoms with Crippen LogP contribution in [0.4, 0.5) is 0 Å². The van der Waals surface area contributed by atoms with Crippen LogP contribution in [0.15, 0.2) is 52.2 Å². The fraction of sp³-hybridized carbons (Fsp3) is 0.429. The lowest BCUT2D eigenvalue weighted by Gasteiger charge is -2.24. The van der Waals surface area contributed by atoms with Gasteiger partial charge in [-0.3, -0.25) is 10.0 Å². The number of carbonyl (C=O) groups excluding carboxylic acids is 1. The zero-order chi connectivity index (χ0) is 21.1. The molecule has 0 radical (unpaired) electrons. The maximum absolute atomic E-state index is 12.2. The topological polar surface area (TPSA) is 102 Å². The number of carbonyl (C=O) groups is 1. The molecule has 1 fully saturated rings. The molecule has 2 aliphatic heterocycles. The van der Waals surface area contributed by atoms with Crippen LogP contribution < -0.4 is 5.32 Å². The highest BCUT2D eigenvalue weighted by Gasteiger charge is 2.28. The van der Waals surface area contributed by atoms with Crippen molar-refractivity contribution < 1.29 is 19.6 Å². The highest BCUT2D eigenvalue weighted by atomic mass is 16.5. The van der Waals surface area contributed by atoms with Crippen LogP contribution in [0.5, 0.6) is 0 Å². The van der Waals surface area contributed by atoms with Gasteiger partial charge in [0.1, 0.15) is 5.76 Å². The van der Waals surface area contributed by atoms with Gasteiger partial charge in [0.2, 0.25) is 0 Å². The lowest BCUT2D eigenvalue weighted by atomic mass is 10.1. The summed E-state index contributed by atoms with van der Waals surface area (Å²) in [7, 11) is 0. The van der Waals surface area contributed by atoms with Crippen molar-refractivity contribution in [3.63, 3.8) is 0 Å². The number of hydroxylamine groups is 2. The van der Waals surface area contributed by atoms with Gasteiger partial charge in [-0.1, -0.05) is 18.3 Å². The Labute approximate surface area is 170 Å². The second kappa shape index (κ2) is 8.67. The monoisotopic (exact) mass is 400 g/mol. The number of allylic oxidation sites excluding steroid dienone is 3. The smallest absolute Gasteiger partial charge is 0.168 e. The first kappa shape index (κ1) is 20.9. The summed E-state index contributed by atoms with van der Waals surface area (Å²) in [6, 6.07) is 1.93. The Bertz CT molecular complexity index is 883. The molecule has 1 atom stereocenters. The number of Topliss-reactive ketones (excluding diaryl/α,β-unsaturated/α-hetero) is 1. The lowest BCUT2D eigenvalue weighted by Crippen LogP contribution is -2.32. The number of ketones is 1. The van der Waals surface area contributed by atoms with Crippen molar-refractivity contribution in [1.82, 2.24) is 20.4 Å². The van der Waals surface area contributed by atoms with E-state index in [0.29, 0.717) is 29.5 Å². The first-order valence-corrected chi connectivity index (χ1v) is 9.68. The van der Waals surface area contributed by atoms with Crippen molar-refractivity contribution in [3.05, 3.63) is 59.1 Å². The molecule has 1 aromatic heterocycles. The molecule has 8 heteroatoms. The number of hydrogen-bond acceptors (Lipinski definition) is 8. The standard InChI is InChI=1S/C21H28N4O4/c1-5-17-10-18(23-29-17)16-6-8-24(12-16)9-7-22-14(3)21-13(2)19(26)11-20(27)15(4)25(21)28/h5,10,16,22,27-28H,1,3,6-9,11-12H2,2,4H3. The predicted molar refractivity (Wildman–Crippen MR) is 109 cm³/mol. The quantitative estimate of drug-likeness (QED) is 0.642. The molecule has 3 N–H and O–H groups in total. The molecule has 2 aliphatic rings. The van der Waals surface area contributed by atoms with Gasteiger partial charge in [0.25, 0.3) is 0 Å². The van der Waals surface area contributed by atoms with Crippen molar-refractivity contribution in [2.75, 3.05) is 26.2 Å². The molecule has 0 spiro atoms. The van der Waals surface area contributed by atoms with E-state index in [0.717, 1.165) is 36.8 Å². The Morgan fingerprint density at radius 3 is 2.93 bits per heavy atom. The Morgan fingerprint density at radius 1 is 1.48 bits per heavy atom. The van der Waals surface area contributed by atoms with Gasteiger partial charge in [-0.25, -0.2) is 5.06 Å². The molecular weight excluding hydrogens is 372 g/mol. The summed E-state index contributed by atoms with van der Waals surface area (Å²) in [5.41, 5.74) is 2.27. The zero-order valence-corrected chi connectivity index (χ0v) is 16.9. The summed E-state index contributed by atoms with van der Waals surface area (Å²) in [6.07, 6.45) is 2.53. The normalized spacial score (nSPS) is 21.0. The van der Waals surface area contributed by atoms with E-state index in [1.165, 1.54) is 0 Å². The molecule has 3 heterocycles. The molecule has 0 saturated carbocycles. The fourth-order valence-corrected chi connectivity index (χ4v) is 3.67. The number of aliphatic hydroxyl groups excluding tert-OH is 1. The van der Waals surface area contributed by atoms with Crippen molar-refractivity contribution in [1.29, 1.82) is 0 Å². The van der Waals surface area contributed by atoms with Gasteiger partial charge in [0, 0.05) is 37.2 Å². The number of nitrogens with zero attached hydrogens (tertiary/aromatic N) is 3. The van der Waals surface area contributed by atoms with E-state index in [9.17, 15) is 15.1 Å². The van der Waals surface area contributed by atoms with Crippen LogP contribution in [0, 0.1) is 0 Å². The third kappa shape index (κ3) is 4.44. The number of aromatic nitrogens is 1. The van der Waals surface area contributed by atoms with Crippen LogP contribution in [0.1, 0.15) is 44.1 Å². The van der Waals surface area contributed by atoms with Crippen LogP contribution in [-0.4, -0.2) is 57.4 Å². The molecule has 0 aliphatic carbocycles. The van der Waals surface area contributed by atoms with Crippen LogP contribution >= 0.6 is 0 Å². The summed E-state index contributed by atoms with van der Waals surface area (Å²) in [4.78, 5) is 14.5. The molecule has 3 rings (SSSR count). The summed E-state index contributed by atoms with van der Waals surface area (Å²) in [5, 5.41) is 28.5. The molecule has 0 amide bonds. The SMILES string of the molecule is C=Cc1cc(C2CCN(CCNC(=C)C3=C(C)C(=O)CC(O)=C(C)N3O)C2)no1. The Kier molecular flexibility index (Phi) is 6.24. The molecule has 0 aromatic carbocycles. The minimum atomic E-state index is -0.245. The molecule has 8 nitrogen and oxygen atoms in total. The number of aliphatic hydroxyl groups is 1. The van der Waals surface area contributed by atoms with Crippen LogP contribution in [0.2, 0.25) is 0 Å². The molecule has 1 aromatic rings. The van der Waals surface area contributed by atoms with Crippen LogP contribution in [0.25, 0.3) is 6.08 Å². The number of hydrogen-bond donors (Lipinski definition) is 3. The first-order chi connectivity index (χ1) is 13.8. The molecular formula is C21H28N4O4. The Hall–Kier alpha value is -2.84. The maximum atomic E-state index is 12.2. The minimum absolute atomic E-state index is 0.129. The lowest BCUT2D eigenvalue weighted by molar-refractivity contribution is -0.115. The summed E-state index contributed by atoms with van der Waals surface area (Å²) in [6.45, 7) is 14.1. The van der Waals surface area contributed by atoms with Crippen molar-refractivity contribution in [3.8, 4) is 0 Å². The molecule has 0 bridgehead atoms. The second-order valence-electron chi connectivity index (χ2n) is 7.47. The highest BCUT2D eigenvalue weighted by molar-refractivity contribution is 5.97. The largest absolute Gasteiger partial charge is 0.510 e. The van der Waals surface area contributed by atoms with Crippen LogP contribution in [0.3, 0.4) is 0 Å². The van der Waals surface area contributed by atoms with E-state index < -0.39 is 0 Å². The maximum Gasteiger partial charge on any atom is 0.168 e. The van der Waals surface area contributed by atoms with Gasteiger partial charge in [-0.05, 0) is 32.9 Å². The van der Waals surface area contributed by atoms with E-state index in [1.54, 1.807) is 19.9 Å². The predicted octanol–water partition coefficient (Wildman–Crippen LogP) is 2.94. The average molecular weight is 400 g/mol. The van der Waals surface area contributed by atoms with Gasteiger partial charge < -0.3 is 19.8 Å². The van der Waals surface area contributed by atoms with Gasteiger partial charge >= 0.3 is 0 Å². The van der Waals surface area contributed by atoms with Crippen LogP contribution in [-0.2, 0) is 4.79 Å². The third-order valence-electron chi connectivity index (χ3n) is 5.54. The Balaban J connectivity index is 1.55. The van der Waals surface area contributed by atoms with Crippen molar-refractivity contribution in [2.45, 2.75) is 32.6 Å². The van der Waals surface area contributed by atoms with Gasteiger partial charge in [-0.15, -0.1) is 0 Å². The van der Waals surface area contributed by atoms with E-state index in [-0.39, 0.29) is 29.4 Å². The molecule has 1 saturated heterocycles. The molecule has 156 valence electrons. The third-order valence-corrected chi connectivity index (χ3v) is 5.54. The van der Waals surface area contributed by atoms with E-state index in [4.69, 9.17) is 4.52 Å². The van der Waals surface area contributed by atoms with Crippen molar-refractivity contribution in [2.24, 2.45) is 0 Å². The fourth-order valence-electron chi connectivity index (χ4n) is 3.67. The first-order valence-electron chi connectivity index (χ1n) is 9.68. The van der Waals surface area contributed by atoms with E-state index >= 15 is 0 Å². The summed E-state index contributed by atoms with van der Waals surface area (Å²) < 4.78 is 5.20. The second-order valence-corrected chi connectivity index (χ2v) is 7.47. The van der Waals surface area contributed by atoms with E-state index in [1.807, 2.05) is 6.07 Å². The summed E-state index contributed by atoms with van der Waals surface area (Å²) >= 11 is 0. The molecule has 29 heavy (non-hydrogen) atoms. The number of rotatable bonds is 7. The summed E-state index contributed by atoms with van der Waals surface area (Å²) in [5.74, 6) is 0.631. The van der Waals surface area contributed by atoms with Gasteiger partial charge in [0.05, 0.1) is 29.2 Å². The van der Waals surface area contributed by atoms with E-state index in [2.05, 4.69) is 28.5 Å². The zero-order valence-electron chi connectivity index (χ0n) is 16.9.